The zero-order chi connectivity index (χ0) is 9.54. The van der Waals surface area contributed by atoms with Crippen LogP contribution < -0.4 is 5.32 Å². The van der Waals surface area contributed by atoms with Crippen molar-refractivity contribution in [1.29, 1.82) is 0 Å². The van der Waals surface area contributed by atoms with Gasteiger partial charge in [0.25, 0.3) is 0 Å². The van der Waals surface area contributed by atoms with Crippen LogP contribution in [0.3, 0.4) is 0 Å². The van der Waals surface area contributed by atoms with Crippen LogP contribution in [0, 0.1) is 0 Å². The van der Waals surface area contributed by atoms with Crippen molar-refractivity contribution in [3.63, 3.8) is 0 Å². The molecule has 3 heterocycles. The molecule has 2 saturated heterocycles. The van der Waals surface area contributed by atoms with E-state index in [1.807, 2.05) is 7.05 Å². The smallest absolute Gasteiger partial charge is 0.135 e. The van der Waals surface area contributed by atoms with Crippen LogP contribution in [0.1, 0.15) is 37.4 Å². The normalized spacial score (nSPS) is 36.2. The number of aryl methyl sites for hydroxylation is 1. The summed E-state index contributed by atoms with van der Waals surface area (Å²) in [6.45, 7) is 0. The van der Waals surface area contributed by atoms with E-state index in [9.17, 15) is 0 Å². The fourth-order valence-corrected chi connectivity index (χ4v) is 2.93. The molecule has 0 aromatic carbocycles. The molecule has 4 nitrogen and oxygen atoms in total. The van der Waals surface area contributed by atoms with Gasteiger partial charge in [-0.15, -0.1) is 10.2 Å². The Balaban J connectivity index is 1.84. The molecule has 0 saturated carbocycles. The van der Waals surface area contributed by atoms with E-state index in [1.165, 1.54) is 31.5 Å². The zero-order valence-electron chi connectivity index (χ0n) is 8.48. The van der Waals surface area contributed by atoms with Gasteiger partial charge in [-0.1, -0.05) is 0 Å². The van der Waals surface area contributed by atoms with Crippen LogP contribution in [0.4, 0.5) is 0 Å². The van der Waals surface area contributed by atoms with Crippen molar-refractivity contribution >= 4 is 0 Å². The molecule has 2 bridgehead atoms. The lowest BCUT2D eigenvalue weighted by molar-refractivity contribution is 0.349. The van der Waals surface area contributed by atoms with Crippen LogP contribution in [0.25, 0.3) is 0 Å². The number of hydrogen-bond donors (Lipinski definition) is 1. The van der Waals surface area contributed by atoms with Crippen molar-refractivity contribution in [1.82, 2.24) is 20.1 Å². The Morgan fingerprint density at radius 1 is 1.36 bits per heavy atom. The van der Waals surface area contributed by atoms with Gasteiger partial charge in [-0.3, -0.25) is 0 Å². The monoisotopic (exact) mass is 192 g/mol. The first kappa shape index (κ1) is 8.41. The quantitative estimate of drug-likeness (QED) is 0.716. The van der Waals surface area contributed by atoms with Gasteiger partial charge in [0, 0.05) is 25.0 Å². The van der Waals surface area contributed by atoms with E-state index < -0.39 is 0 Å². The molecule has 0 amide bonds. The Morgan fingerprint density at radius 3 is 2.64 bits per heavy atom. The Hall–Kier alpha value is -0.900. The van der Waals surface area contributed by atoms with Gasteiger partial charge in [0.1, 0.15) is 12.2 Å². The minimum absolute atomic E-state index is 0.626. The number of aromatic nitrogens is 3. The molecule has 2 aliphatic heterocycles. The Labute approximate surface area is 83.7 Å². The molecule has 0 aliphatic carbocycles. The maximum atomic E-state index is 4.22. The Bertz CT molecular complexity index is 321. The molecule has 0 radical (unpaired) electrons. The summed E-state index contributed by atoms with van der Waals surface area (Å²) < 4.78 is 2.06. The van der Waals surface area contributed by atoms with Gasteiger partial charge in [-0.2, -0.15) is 0 Å². The van der Waals surface area contributed by atoms with Gasteiger partial charge in [0.15, 0.2) is 0 Å². The first-order chi connectivity index (χ1) is 6.83. The third-order valence-corrected chi connectivity index (χ3v) is 3.58. The van der Waals surface area contributed by atoms with Gasteiger partial charge in [0.2, 0.25) is 0 Å². The van der Waals surface area contributed by atoms with E-state index in [-0.39, 0.29) is 0 Å². The second-order valence-electron chi connectivity index (χ2n) is 4.61. The van der Waals surface area contributed by atoms with E-state index in [2.05, 4.69) is 20.1 Å². The van der Waals surface area contributed by atoms with Crippen LogP contribution in [-0.4, -0.2) is 26.8 Å². The lowest BCUT2D eigenvalue weighted by Gasteiger charge is -2.28. The maximum Gasteiger partial charge on any atom is 0.135 e. The molecule has 76 valence electrons. The summed E-state index contributed by atoms with van der Waals surface area (Å²) in [6, 6.07) is 1.46. The summed E-state index contributed by atoms with van der Waals surface area (Å²) in [7, 11) is 2.04. The van der Waals surface area contributed by atoms with Crippen LogP contribution in [0.15, 0.2) is 6.33 Å². The van der Waals surface area contributed by atoms with Gasteiger partial charge < -0.3 is 9.88 Å². The van der Waals surface area contributed by atoms with Crippen molar-refractivity contribution in [3.05, 3.63) is 12.2 Å². The highest BCUT2D eigenvalue weighted by Crippen LogP contribution is 2.35. The zero-order valence-corrected chi connectivity index (χ0v) is 8.48. The number of hydrogen-bond acceptors (Lipinski definition) is 3. The topological polar surface area (TPSA) is 42.7 Å². The largest absolute Gasteiger partial charge is 0.320 e. The fourth-order valence-electron chi connectivity index (χ4n) is 2.93. The number of piperidine rings is 1. The van der Waals surface area contributed by atoms with E-state index in [1.54, 1.807) is 6.33 Å². The van der Waals surface area contributed by atoms with Crippen molar-refractivity contribution in [2.24, 2.45) is 7.05 Å². The minimum atomic E-state index is 0.626. The predicted octanol–water partition coefficient (Wildman–Crippen LogP) is 0.813. The number of nitrogens with one attached hydrogen (secondary N) is 1. The molecule has 0 spiro atoms. The van der Waals surface area contributed by atoms with E-state index >= 15 is 0 Å². The standard InChI is InChI=1S/C10H16N4/c1-14-6-11-13-10(14)7-4-8-2-3-9(5-7)12-8/h6-9,12H,2-5H2,1H3. The molecule has 2 atom stereocenters. The second-order valence-corrected chi connectivity index (χ2v) is 4.61. The summed E-state index contributed by atoms with van der Waals surface area (Å²) in [5.41, 5.74) is 0. The summed E-state index contributed by atoms with van der Waals surface area (Å²) in [5, 5.41) is 11.8. The summed E-state index contributed by atoms with van der Waals surface area (Å²) >= 11 is 0. The van der Waals surface area contributed by atoms with Gasteiger partial charge >= 0.3 is 0 Å². The Kier molecular flexibility index (Phi) is 1.83. The molecule has 3 rings (SSSR count). The first-order valence-corrected chi connectivity index (χ1v) is 5.43. The second kappa shape index (κ2) is 3.05. The highest BCUT2D eigenvalue weighted by Gasteiger charge is 2.35. The van der Waals surface area contributed by atoms with Crippen LogP contribution in [-0.2, 0) is 7.05 Å². The average Bonchev–Trinajstić information content (AvgIpc) is 2.73. The molecule has 1 aromatic heterocycles. The van der Waals surface area contributed by atoms with Crippen molar-refractivity contribution in [2.45, 2.75) is 43.7 Å². The van der Waals surface area contributed by atoms with Gasteiger partial charge in [0.05, 0.1) is 0 Å². The minimum Gasteiger partial charge on any atom is -0.320 e. The third-order valence-electron chi connectivity index (χ3n) is 3.58. The highest BCUT2D eigenvalue weighted by molar-refractivity contribution is 5.05. The lowest BCUT2D eigenvalue weighted by Crippen LogP contribution is -2.37. The summed E-state index contributed by atoms with van der Waals surface area (Å²) in [6.07, 6.45) is 6.98. The highest BCUT2D eigenvalue weighted by atomic mass is 15.3. The molecular weight excluding hydrogens is 176 g/mol. The average molecular weight is 192 g/mol. The fraction of sp³-hybridized carbons (Fsp3) is 0.800. The van der Waals surface area contributed by atoms with E-state index in [0.717, 1.165) is 12.1 Å². The van der Waals surface area contributed by atoms with Crippen molar-refractivity contribution in [3.8, 4) is 0 Å². The SMILES string of the molecule is Cn1cnnc1C1CC2CCC(C1)N2. The molecule has 1 N–H and O–H groups in total. The van der Waals surface area contributed by atoms with Gasteiger partial charge in [-0.25, -0.2) is 0 Å². The molecule has 1 aromatic rings. The summed E-state index contributed by atoms with van der Waals surface area (Å²) in [4.78, 5) is 0. The molecule has 2 fully saturated rings. The van der Waals surface area contributed by atoms with Crippen LogP contribution >= 0.6 is 0 Å². The third kappa shape index (κ3) is 1.25. The van der Waals surface area contributed by atoms with Crippen LogP contribution in [0.2, 0.25) is 0 Å². The molecule has 2 unspecified atom stereocenters. The summed E-state index contributed by atoms with van der Waals surface area (Å²) in [5.74, 6) is 1.80. The number of fused-ring (bicyclic) bond motifs is 2. The predicted molar refractivity (Wildman–Crippen MR) is 52.9 cm³/mol. The Morgan fingerprint density at radius 2 is 2.07 bits per heavy atom. The van der Waals surface area contributed by atoms with Crippen LogP contribution in [0.5, 0.6) is 0 Å². The molecule has 4 heteroatoms. The molecule has 2 aliphatic rings. The van der Waals surface area contributed by atoms with E-state index in [0.29, 0.717) is 5.92 Å². The van der Waals surface area contributed by atoms with Crippen molar-refractivity contribution < 1.29 is 0 Å². The van der Waals surface area contributed by atoms with E-state index in [4.69, 9.17) is 0 Å². The number of rotatable bonds is 1. The molecular formula is C10H16N4. The van der Waals surface area contributed by atoms with Crippen molar-refractivity contribution in [2.75, 3.05) is 0 Å². The van der Waals surface area contributed by atoms with Gasteiger partial charge in [-0.05, 0) is 25.7 Å². The first-order valence-electron chi connectivity index (χ1n) is 5.43. The lowest BCUT2D eigenvalue weighted by atomic mass is 9.92. The molecule has 14 heavy (non-hydrogen) atoms. The number of nitrogens with zero attached hydrogens (tertiary/aromatic N) is 3. The maximum absolute atomic E-state index is 4.22.